The molecule has 0 radical (unpaired) electrons. The van der Waals surface area contributed by atoms with Crippen molar-refractivity contribution in [3.63, 3.8) is 0 Å². The Hall–Kier alpha value is -1.60. The molecule has 1 aliphatic heterocycles. The van der Waals surface area contributed by atoms with E-state index in [0.29, 0.717) is 19.2 Å². The molecule has 4 nitrogen and oxygen atoms in total. The summed E-state index contributed by atoms with van der Waals surface area (Å²) in [6, 6.07) is 0.674. The van der Waals surface area contributed by atoms with Crippen molar-refractivity contribution in [1.82, 2.24) is 9.80 Å². The number of benzene rings is 1. The van der Waals surface area contributed by atoms with E-state index < -0.39 is 23.5 Å². The Kier molecular flexibility index (Phi) is 6.62. The zero-order valence-corrected chi connectivity index (χ0v) is 13.9. The monoisotopic (exact) mass is 343 g/mol. The summed E-state index contributed by atoms with van der Waals surface area (Å²) in [5, 5.41) is 0. The van der Waals surface area contributed by atoms with Crippen molar-refractivity contribution in [1.29, 1.82) is 0 Å². The number of hydrogen-bond donors (Lipinski definition) is 1. The normalized spacial score (nSPS) is 18.1. The molecule has 1 aromatic rings. The van der Waals surface area contributed by atoms with Crippen molar-refractivity contribution in [3.8, 4) is 0 Å². The third-order valence-corrected chi connectivity index (χ3v) is 4.33. The van der Waals surface area contributed by atoms with Gasteiger partial charge in [-0.15, -0.1) is 0 Å². The summed E-state index contributed by atoms with van der Waals surface area (Å²) < 4.78 is 39.8. The fourth-order valence-corrected chi connectivity index (χ4v) is 2.88. The molecule has 134 valence electrons. The summed E-state index contributed by atoms with van der Waals surface area (Å²) in [4.78, 5) is 16.3. The van der Waals surface area contributed by atoms with E-state index in [2.05, 4.69) is 4.90 Å². The average molecular weight is 343 g/mol. The zero-order chi connectivity index (χ0) is 17.7. The van der Waals surface area contributed by atoms with Gasteiger partial charge in [-0.3, -0.25) is 4.79 Å². The molecule has 0 aliphatic carbocycles. The Balaban J connectivity index is 1.92. The van der Waals surface area contributed by atoms with Crippen LogP contribution in [0.1, 0.15) is 24.8 Å². The van der Waals surface area contributed by atoms with E-state index in [1.807, 2.05) is 7.05 Å². The number of likely N-dealkylation sites (N-methyl/N-ethyl adjacent to an activating group) is 1. The summed E-state index contributed by atoms with van der Waals surface area (Å²) in [5.74, 6) is -3.27. The largest absolute Gasteiger partial charge is 0.341 e. The summed E-state index contributed by atoms with van der Waals surface area (Å²) >= 11 is 0. The average Bonchev–Trinajstić information content (AvgIpc) is 2.48. The SMILES string of the molecule is CN1CCCCN(C(=O)CC(N)Cc2cc(F)c(F)cc2F)CC1. The molecular formula is C17H24F3N3O. The lowest BCUT2D eigenvalue weighted by Crippen LogP contribution is -2.42. The van der Waals surface area contributed by atoms with E-state index in [4.69, 9.17) is 5.73 Å². The van der Waals surface area contributed by atoms with Crippen LogP contribution in [0, 0.1) is 17.5 Å². The molecule has 24 heavy (non-hydrogen) atoms. The van der Waals surface area contributed by atoms with Gasteiger partial charge in [-0.1, -0.05) is 0 Å². The Morgan fingerprint density at radius 1 is 1.08 bits per heavy atom. The molecule has 0 bridgehead atoms. The van der Waals surface area contributed by atoms with Gasteiger partial charge in [0.25, 0.3) is 0 Å². The fraction of sp³-hybridized carbons (Fsp3) is 0.588. The van der Waals surface area contributed by atoms with Gasteiger partial charge in [-0.2, -0.15) is 0 Å². The van der Waals surface area contributed by atoms with Gasteiger partial charge in [-0.25, -0.2) is 13.2 Å². The first kappa shape index (κ1) is 18.7. The number of rotatable bonds is 4. The topological polar surface area (TPSA) is 49.6 Å². The van der Waals surface area contributed by atoms with E-state index in [-0.39, 0.29) is 24.3 Å². The van der Waals surface area contributed by atoms with Gasteiger partial charge in [0.1, 0.15) is 5.82 Å². The molecule has 1 aliphatic rings. The first-order valence-electron chi connectivity index (χ1n) is 8.22. The number of hydrogen-bond acceptors (Lipinski definition) is 3. The minimum Gasteiger partial charge on any atom is -0.341 e. The Bertz CT molecular complexity index is 582. The van der Waals surface area contributed by atoms with Gasteiger partial charge in [-0.05, 0) is 44.5 Å². The van der Waals surface area contributed by atoms with Gasteiger partial charge >= 0.3 is 0 Å². The van der Waals surface area contributed by atoms with Gasteiger partial charge in [0.05, 0.1) is 0 Å². The molecule has 0 spiro atoms. The van der Waals surface area contributed by atoms with Crippen LogP contribution >= 0.6 is 0 Å². The molecule has 7 heteroatoms. The standard InChI is InChI=1S/C17H24F3N3O/c1-22-4-2-3-5-23(7-6-22)17(24)10-13(21)8-12-9-15(19)16(20)11-14(12)18/h9,11,13H,2-8,10,21H2,1H3. The minimum absolute atomic E-state index is 0.0114. The number of nitrogens with zero attached hydrogens (tertiary/aromatic N) is 2. The minimum atomic E-state index is -1.23. The van der Waals surface area contributed by atoms with Gasteiger partial charge < -0.3 is 15.5 Å². The van der Waals surface area contributed by atoms with Crippen LogP contribution in [0.2, 0.25) is 0 Å². The maximum atomic E-state index is 13.7. The molecule has 0 aromatic heterocycles. The Labute approximate surface area is 140 Å². The Morgan fingerprint density at radius 2 is 1.75 bits per heavy atom. The molecule has 2 rings (SSSR count). The first-order chi connectivity index (χ1) is 11.4. The predicted octanol–water partition coefficient (Wildman–Crippen LogP) is 1.92. The second kappa shape index (κ2) is 8.48. The van der Waals surface area contributed by atoms with E-state index >= 15 is 0 Å². The van der Waals surface area contributed by atoms with Gasteiger partial charge in [0, 0.05) is 38.2 Å². The highest BCUT2D eigenvalue weighted by Gasteiger charge is 2.20. The molecular weight excluding hydrogens is 319 g/mol. The number of amides is 1. The lowest BCUT2D eigenvalue weighted by molar-refractivity contribution is -0.132. The lowest BCUT2D eigenvalue weighted by Gasteiger charge is -2.29. The zero-order valence-electron chi connectivity index (χ0n) is 13.9. The quantitative estimate of drug-likeness (QED) is 0.850. The van der Waals surface area contributed by atoms with Crippen LogP contribution in [0.4, 0.5) is 13.2 Å². The third kappa shape index (κ3) is 5.21. The maximum absolute atomic E-state index is 13.7. The predicted molar refractivity (Wildman–Crippen MR) is 85.9 cm³/mol. The van der Waals surface area contributed by atoms with E-state index in [1.165, 1.54) is 0 Å². The molecule has 0 saturated carbocycles. The molecule has 1 aromatic carbocycles. The van der Waals surface area contributed by atoms with Crippen molar-refractivity contribution in [2.24, 2.45) is 5.73 Å². The van der Waals surface area contributed by atoms with Crippen LogP contribution in [0.5, 0.6) is 0 Å². The van der Waals surface area contributed by atoms with Gasteiger partial charge in [0.15, 0.2) is 11.6 Å². The smallest absolute Gasteiger partial charge is 0.224 e. The van der Waals surface area contributed by atoms with Crippen molar-refractivity contribution >= 4 is 5.91 Å². The van der Waals surface area contributed by atoms with Crippen LogP contribution in [-0.2, 0) is 11.2 Å². The van der Waals surface area contributed by atoms with Crippen molar-refractivity contribution in [2.45, 2.75) is 31.7 Å². The summed E-state index contributed by atoms with van der Waals surface area (Å²) in [7, 11) is 2.02. The van der Waals surface area contributed by atoms with Crippen molar-refractivity contribution in [2.75, 3.05) is 33.2 Å². The molecule has 1 atom stereocenters. The molecule has 1 heterocycles. The summed E-state index contributed by atoms with van der Waals surface area (Å²) in [6.07, 6.45) is 2.01. The molecule has 1 unspecified atom stereocenters. The lowest BCUT2D eigenvalue weighted by atomic mass is 10.0. The number of carbonyl (C=O) groups excluding carboxylic acids is 1. The van der Waals surface area contributed by atoms with Crippen molar-refractivity contribution < 1.29 is 18.0 Å². The maximum Gasteiger partial charge on any atom is 0.224 e. The summed E-state index contributed by atoms with van der Waals surface area (Å²) in [6.45, 7) is 3.16. The molecule has 1 amide bonds. The molecule has 2 N–H and O–H groups in total. The highest BCUT2D eigenvalue weighted by molar-refractivity contribution is 5.76. The molecule has 1 fully saturated rings. The number of halogens is 3. The highest BCUT2D eigenvalue weighted by Crippen LogP contribution is 2.16. The molecule has 1 saturated heterocycles. The first-order valence-corrected chi connectivity index (χ1v) is 8.22. The number of nitrogens with two attached hydrogens (primary N) is 1. The second-order valence-electron chi connectivity index (χ2n) is 6.42. The van der Waals surface area contributed by atoms with Crippen LogP contribution in [-0.4, -0.2) is 55.0 Å². The third-order valence-electron chi connectivity index (χ3n) is 4.33. The van der Waals surface area contributed by atoms with E-state index in [9.17, 15) is 18.0 Å². The van der Waals surface area contributed by atoms with Crippen LogP contribution in [0.3, 0.4) is 0 Å². The van der Waals surface area contributed by atoms with Gasteiger partial charge in [0.2, 0.25) is 5.91 Å². The fourth-order valence-electron chi connectivity index (χ4n) is 2.88. The second-order valence-corrected chi connectivity index (χ2v) is 6.42. The van der Waals surface area contributed by atoms with Crippen LogP contribution in [0.25, 0.3) is 0 Å². The van der Waals surface area contributed by atoms with E-state index in [0.717, 1.165) is 32.0 Å². The van der Waals surface area contributed by atoms with Crippen LogP contribution in [0.15, 0.2) is 12.1 Å². The van der Waals surface area contributed by atoms with E-state index in [1.54, 1.807) is 4.90 Å². The number of carbonyl (C=O) groups is 1. The van der Waals surface area contributed by atoms with Crippen molar-refractivity contribution in [3.05, 3.63) is 35.1 Å². The summed E-state index contributed by atoms with van der Waals surface area (Å²) in [5.41, 5.74) is 5.91. The Morgan fingerprint density at radius 3 is 2.50 bits per heavy atom. The highest BCUT2D eigenvalue weighted by atomic mass is 19.2. The van der Waals surface area contributed by atoms with Crippen LogP contribution < -0.4 is 5.73 Å².